The fraction of sp³-hybridized carbons (Fsp3) is 0.500. The Morgan fingerprint density at radius 2 is 1.94 bits per heavy atom. The van der Waals surface area contributed by atoms with Crippen molar-refractivity contribution in [2.24, 2.45) is 0 Å². The van der Waals surface area contributed by atoms with Crippen LogP contribution in [0.3, 0.4) is 0 Å². The van der Waals surface area contributed by atoms with Gasteiger partial charge in [-0.1, -0.05) is 19.8 Å². The van der Waals surface area contributed by atoms with E-state index in [0.717, 1.165) is 26.9 Å². The Morgan fingerprint density at radius 3 is 2.56 bits per heavy atom. The van der Waals surface area contributed by atoms with E-state index in [1.807, 2.05) is 12.1 Å². The maximum atomic E-state index is 5.26. The average Bonchev–Trinajstić information content (AvgIpc) is 2.27. The molecule has 0 heterocycles. The number of ether oxygens (including phenoxy) is 1. The molecule has 0 unspecified atom stereocenters. The molecule has 0 fully saturated rings. The molecule has 0 spiro atoms. The van der Waals surface area contributed by atoms with E-state index in [9.17, 15) is 0 Å². The topological polar surface area (TPSA) is 21.3 Å². The van der Waals surface area contributed by atoms with Crippen molar-refractivity contribution < 1.29 is 4.74 Å². The summed E-state index contributed by atoms with van der Waals surface area (Å²) in [6, 6.07) is 4.00. The first-order chi connectivity index (χ1) is 7.69. The predicted octanol–water partition coefficient (Wildman–Crippen LogP) is 4.82. The van der Waals surface area contributed by atoms with Gasteiger partial charge < -0.3 is 10.1 Å². The molecule has 0 saturated carbocycles. The summed E-state index contributed by atoms with van der Waals surface area (Å²) in [4.78, 5) is 0. The molecule has 0 amide bonds. The van der Waals surface area contributed by atoms with Gasteiger partial charge in [-0.05, 0) is 44.3 Å². The number of hydrogen-bond acceptors (Lipinski definition) is 2. The van der Waals surface area contributed by atoms with Crippen molar-refractivity contribution in [2.45, 2.75) is 26.2 Å². The molecule has 2 nitrogen and oxygen atoms in total. The summed E-state index contributed by atoms with van der Waals surface area (Å²) < 4.78 is 7.27. The van der Waals surface area contributed by atoms with E-state index in [0.29, 0.717) is 0 Å². The summed E-state index contributed by atoms with van der Waals surface area (Å²) in [5.74, 6) is 0.848. The number of hydrogen-bond donors (Lipinski definition) is 1. The molecule has 0 radical (unpaired) electrons. The zero-order valence-electron chi connectivity index (χ0n) is 9.65. The van der Waals surface area contributed by atoms with Gasteiger partial charge in [-0.25, -0.2) is 0 Å². The highest BCUT2D eigenvalue weighted by Gasteiger charge is 2.06. The summed E-state index contributed by atoms with van der Waals surface area (Å²) in [5, 5.41) is 3.40. The summed E-state index contributed by atoms with van der Waals surface area (Å²) in [6.07, 6.45) is 3.70. The van der Waals surface area contributed by atoms with Gasteiger partial charge in [0, 0.05) is 17.1 Å². The molecule has 90 valence electrons. The van der Waals surface area contributed by atoms with Gasteiger partial charge >= 0.3 is 0 Å². The molecular formula is C12H17Br2NO. The molecule has 16 heavy (non-hydrogen) atoms. The summed E-state index contributed by atoms with van der Waals surface area (Å²) in [5.41, 5.74) is 1.08. The molecule has 4 heteroatoms. The predicted molar refractivity (Wildman–Crippen MR) is 76.4 cm³/mol. The molecule has 0 aliphatic carbocycles. The van der Waals surface area contributed by atoms with Crippen LogP contribution < -0.4 is 10.1 Å². The zero-order valence-corrected chi connectivity index (χ0v) is 12.8. The molecule has 1 N–H and O–H groups in total. The minimum Gasteiger partial charge on any atom is -0.495 e. The minimum absolute atomic E-state index is 0.848. The maximum absolute atomic E-state index is 5.26. The molecule has 1 aromatic rings. The second-order valence-electron chi connectivity index (χ2n) is 3.60. The van der Waals surface area contributed by atoms with Gasteiger partial charge in [0.15, 0.2) is 0 Å². The largest absolute Gasteiger partial charge is 0.495 e. The third kappa shape index (κ3) is 3.98. The van der Waals surface area contributed by atoms with Crippen molar-refractivity contribution in [1.82, 2.24) is 0 Å². The van der Waals surface area contributed by atoms with Crippen LogP contribution >= 0.6 is 31.9 Å². The van der Waals surface area contributed by atoms with Crippen LogP contribution in [0.15, 0.2) is 21.1 Å². The van der Waals surface area contributed by atoms with E-state index in [1.165, 1.54) is 19.3 Å². The Hall–Kier alpha value is -0.220. The monoisotopic (exact) mass is 349 g/mol. The molecule has 1 rings (SSSR count). The highest BCUT2D eigenvalue weighted by molar-refractivity contribution is 9.11. The smallest absolute Gasteiger partial charge is 0.135 e. The van der Waals surface area contributed by atoms with Crippen molar-refractivity contribution in [2.75, 3.05) is 19.0 Å². The highest BCUT2D eigenvalue weighted by Crippen LogP contribution is 2.34. The molecule has 0 bridgehead atoms. The Morgan fingerprint density at radius 1 is 1.19 bits per heavy atom. The number of benzene rings is 1. The Kier molecular flexibility index (Phi) is 6.21. The number of halogens is 2. The van der Waals surface area contributed by atoms with Gasteiger partial charge in [-0.3, -0.25) is 0 Å². The molecule has 0 aromatic heterocycles. The number of rotatable bonds is 6. The van der Waals surface area contributed by atoms with Gasteiger partial charge in [0.2, 0.25) is 0 Å². The Bertz CT molecular complexity index is 342. The first kappa shape index (κ1) is 13.8. The van der Waals surface area contributed by atoms with Crippen molar-refractivity contribution >= 4 is 37.5 Å². The van der Waals surface area contributed by atoms with Crippen LogP contribution in [0.4, 0.5) is 5.69 Å². The fourth-order valence-corrected chi connectivity index (χ4v) is 2.72. The van der Waals surface area contributed by atoms with Crippen LogP contribution in [0.25, 0.3) is 0 Å². The standard InChI is InChI=1S/C12H17Br2NO/c1-3-4-5-6-15-11-8-12(16-2)10(14)7-9(11)13/h7-8,15H,3-6H2,1-2H3. The maximum Gasteiger partial charge on any atom is 0.135 e. The van der Waals surface area contributed by atoms with Crippen molar-refractivity contribution in [1.29, 1.82) is 0 Å². The van der Waals surface area contributed by atoms with Crippen LogP contribution in [0.1, 0.15) is 26.2 Å². The summed E-state index contributed by atoms with van der Waals surface area (Å²) in [6.45, 7) is 3.20. The number of unbranched alkanes of at least 4 members (excludes halogenated alkanes) is 2. The third-order valence-corrected chi connectivity index (χ3v) is 3.61. The van der Waals surface area contributed by atoms with E-state index >= 15 is 0 Å². The summed E-state index contributed by atoms with van der Waals surface area (Å²) >= 11 is 6.98. The molecular weight excluding hydrogens is 334 g/mol. The minimum atomic E-state index is 0.848. The summed E-state index contributed by atoms with van der Waals surface area (Å²) in [7, 11) is 1.68. The molecule has 0 aliphatic heterocycles. The van der Waals surface area contributed by atoms with Crippen molar-refractivity contribution in [3.63, 3.8) is 0 Å². The molecule has 0 aliphatic rings. The van der Waals surface area contributed by atoms with Crippen molar-refractivity contribution in [3.05, 3.63) is 21.1 Å². The first-order valence-electron chi connectivity index (χ1n) is 5.46. The van der Waals surface area contributed by atoms with E-state index < -0.39 is 0 Å². The second-order valence-corrected chi connectivity index (χ2v) is 5.31. The lowest BCUT2D eigenvalue weighted by molar-refractivity contribution is 0.412. The number of methoxy groups -OCH3 is 1. The van der Waals surface area contributed by atoms with E-state index in [4.69, 9.17) is 4.74 Å². The van der Waals surface area contributed by atoms with E-state index in [1.54, 1.807) is 7.11 Å². The highest BCUT2D eigenvalue weighted by atomic mass is 79.9. The normalized spacial score (nSPS) is 10.2. The van der Waals surface area contributed by atoms with Crippen LogP contribution in [0.2, 0.25) is 0 Å². The van der Waals surface area contributed by atoms with Crippen molar-refractivity contribution in [3.8, 4) is 5.75 Å². The molecule has 0 saturated heterocycles. The molecule has 0 atom stereocenters. The Labute approximate surface area is 114 Å². The van der Waals surface area contributed by atoms with Crippen LogP contribution in [0.5, 0.6) is 5.75 Å². The van der Waals surface area contributed by atoms with Gasteiger partial charge in [0.05, 0.1) is 17.3 Å². The van der Waals surface area contributed by atoms with Gasteiger partial charge in [-0.15, -0.1) is 0 Å². The Balaban J connectivity index is 2.64. The quantitative estimate of drug-likeness (QED) is 0.742. The van der Waals surface area contributed by atoms with Gasteiger partial charge in [0.25, 0.3) is 0 Å². The lowest BCUT2D eigenvalue weighted by Crippen LogP contribution is -2.02. The van der Waals surface area contributed by atoms with Gasteiger partial charge in [0.1, 0.15) is 5.75 Å². The third-order valence-electron chi connectivity index (χ3n) is 2.34. The number of nitrogens with one attached hydrogen (secondary N) is 1. The lowest BCUT2D eigenvalue weighted by atomic mass is 10.2. The second kappa shape index (κ2) is 7.17. The average molecular weight is 351 g/mol. The van der Waals surface area contributed by atoms with E-state index in [-0.39, 0.29) is 0 Å². The van der Waals surface area contributed by atoms with Gasteiger partial charge in [-0.2, -0.15) is 0 Å². The zero-order chi connectivity index (χ0) is 12.0. The number of anilines is 1. The van der Waals surface area contributed by atoms with Crippen LogP contribution in [0, 0.1) is 0 Å². The van der Waals surface area contributed by atoms with Crippen LogP contribution in [-0.2, 0) is 0 Å². The molecule has 1 aromatic carbocycles. The fourth-order valence-electron chi connectivity index (χ4n) is 1.42. The van der Waals surface area contributed by atoms with Crippen LogP contribution in [-0.4, -0.2) is 13.7 Å². The first-order valence-corrected chi connectivity index (χ1v) is 7.04. The SMILES string of the molecule is CCCCCNc1cc(OC)c(Br)cc1Br. The lowest BCUT2D eigenvalue weighted by Gasteiger charge is -2.11. The van der Waals surface area contributed by atoms with E-state index in [2.05, 4.69) is 44.1 Å².